The molecule has 2 fully saturated rings. The molecule has 46 heavy (non-hydrogen) atoms. The van der Waals surface area contributed by atoms with Gasteiger partial charge in [-0.25, -0.2) is 4.90 Å². The molecule has 2 aliphatic carbocycles. The molecule has 2 amide bonds. The first kappa shape index (κ1) is 28.1. The number of ketones is 1. The first-order chi connectivity index (χ1) is 22.3. The molecule has 8 rings (SSSR count). The number of carbonyl (C=O) groups excluding carboxylic acids is 3. The molecule has 3 aliphatic rings. The molecule has 224 valence electrons. The Morgan fingerprint density at radius 2 is 0.870 bits per heavy atom. The van der Waals surface area contributed by atoms with Gasteiger partial charge < -0.3 is 0 Å². The zero-order chi connectivity index (χ0) is 31.8. The molecule has 4 nitrogen and oxygen atoms in total. The number of Topliss-reactive ketones (excluding diaryl/α,β-unsaturated/α-hetero) is 1. The average molecular weight is 600 g/mol. The molecule has 4 heteroatoms. The van der Waals surface area contributed by atoms with Crippen molar-refractivity contribution in [2.75, 3.05) is 4.90 Å². The highest BCUT2D eigenvalue weighted by molar-refractivity contribution is 6.39. The number of hydrogen-bond donors (Lipinski definition) is 0. The number of amides is 2. The maximum absolute atomic E-state index is 16.0. The van der Waals surface area contributed by atoms with Crippen LogP contribution in [0.1, 0.15) is 38.9 Å². The molecule has 1 aliphatic heterocycles. The molecule has 5 aromatic carbocycles. The Balaban J connectivity index is 1.57. The lowest BCUT2D eigenvalue weighted by Crippen LogP contribution is -2.45. The van der Waals surface area contributed by atoms with Crippen molar-refractivity contribution in [1.82, 2.24) is 0 Å². The van der Waals surface area contributed by atoms with Crippen molar-refractivity contribution < 1.29 is 14.4 Å². The summed E-state index contributed by atoms with van der Waals surface area (Å²) in [7, 11) is 0. The Morgan fingerprint density at radius 3 is 1.28 bits per heavy atom. The Morgan fingerprint density at radius 1 is 0.478 bits per heavy atom. The zero-order valence-electron chi connectivity index (χ0n) is 26.0. The van der Waals surface area contributed by atoms with Crippen LogP contribution < -0.4 is 4.90 Å². The number of para-hydroxylation sites is 1. The van der Waals surface area contributed by atoms with Gasteiger partial charge in [-0.2, -0.15) is 0 Å². The molecule has 5 aromatic rings. The third-order valence-corrected chi connectivity index (χ3v) is 10.5. The first-order valence-electron chi connectivity index (χ1n) is 15.8. The van der Waals surface area contributed by atoms with E-state index in [0.29, 0.717) is 5.69 Å². The van der Waals surface area contributed by atoms with Gasteiger partial charge in [0.15, 0.2) is 5.78 Å². The summed E-state index contributed by atoms with van der Waals surface area (Å²) >= 11 is 0. The average Bonchev–Trinajstić information content (AvgIpc) is 3.59. The van der Waals surface area contributed by atoms with Crippen LogP contribution in [0.25, 0.3) is 11.1 Å². The largest absolute Gasteiger partial charge is 0.297 e. The smallest absolute Gasteiger partial charge is 0.239 e. The summed E-state index contributed by atoms with van der Waals surface area (Å²) in [6.45, 7) is 5.99. The fourth-order valence-corrected chi connectivity index (χ4v) is 8.62. The molecule has 1 saturated carbocycles. The van der Waals surface area contributed by atoms with Crippen LogP contribution in [0.2, 0.25) is 0 Å². The number of rotatable bonds is 5. The molecule has 0 aromatic heterocycles. The Hall–Kier alpha value is -5.35. The van der Waals surface area contributed by atoms with Gasteiger partial charge in [0, 0.05) is 0 Å². The van der Waals surface area contributed by atoms with Crippen molar-refractivity contribution in [1.29, 1.82) is 0 Å². The van der Waals surface area contributed by atoms with Crippen LogP contribution in [0, 0.1) is 32.6 Å². The summed E-state index contributed by atoms with van der Waals surface area (Å²) in [5.74, 6) is -2.62. The molecule has 0 N–H and O–H groups in total. The molecular formula is C42H33NO3. The fourth-order valence-electron chi connectivity index (χ4n) is 8.62. The predicted octanol–water partition coefficient (Wildman–Crippen LogP) is 7.80. The van der Waals surface area contributed by atoms with E-state index in [2.05, 4.69) is 48.5 Å². The monoisotopic (exact) mass is 599 g/mol. The third kappa shape index (κ3) is 3.47. The van der Waals surface area contributed by atoms with E-state index in [4.69, 9.17) is 0 Å². The second-order valence-corrected chi connectivity index (χ2v) is 12.9. The quantitative estimate of drug-likeness (QED) is 0.194. The van der Waals surface area contributed by atoms with Crippen LogP contribution in [0.3, 0.4) is 0 Å². The lowest BCUT2D eigenvalue weighted by molar-refractivity contribution is -0.130. The standard InChI is InChI=1S/C42H33NO3/c1-26-18-22-29(23-19-26)34-35(30-24-20-27(2)21-25-30)42(32-15-8-5-9-16-32)37-36(41(34,40(42)46)31-13-6-4-7-14-31)38(44)43(39(37)45)33-17-11-10-12-28(33)3/h4-25,36-37H,1-3H3/t36-,37-,41-,42-/m1/s1. The number of allylic oxidation sites excluding steroid dienone is 2. The van der Waals surface area contributed by atoms with Crippen LogP contribution in [0.15, 0.2) is 133 Å². The summed E-state index contributed by atoms with van der Waals surface area (Å²) in [5.41, 5.74) is 5.63. The van der Waals surface area contributed by atoms with E-state index in [-0.39, 0.29) is 17.6 Å². The minimum Gasteiger partial charge on any atom is -0.297 e. The highest BCUT2D eigenvalue weighted by Gasteiger charge is 2.82. The molecule has 0 radical (unpaired) electrons. The zero-order valence-corrected chi connectivity index (χ0v) is 26.0. The number of hydrogen-bond acceptors (Lipinski definition) is 3. The first-order valence-corrected chi connectivity index (χ1v) is 15.8. The van der Waals surface area contributed by atoms with Gasteiger partial charge in [-0.15, -0.1) is 0 Å². The summed E-state index contributed by atoms with van der Waals surface area (Å²) in [4.78, 5) is 47.5. The molecule has 0 spiro atoms. The van der Waals surface area contributed by atoms with Crippen LogP contribution >= 0.6 is 0 Å². The lowest BCUT2D eigenvalue weighted by Gasteiger charge is -2.39. The van der Waals surface area contributed by atoms with Gasteiger partial charge >= 0.3 is 0 Å². The van der Waals surface area contributed by atoms with Crippen molar-refractivity contribution in [3.05, 3.63) is 172 Å². The number of imide groups is 1. The number of fused-ring (bicyclic) bond motifs is 5. The fraction of sp³-hybridized carbons (Fsp3) is 0.167. The maximum atomic E-state index is 16.0. The van der Waals surface area contributed by atoms with E-state index in [1.165, 1.54) is 4.90 Å². The van der Waals surface area contributed by atoms with Crippen molar-refractivity contribution in [2.24, 2.45) is 11.8 Å². The van der Waals surface area contributed by atoms with Crippen LogP contribution in [0.4, 0.5) is 5.69 Å². The SMILES string of the molecule is Cc1ccc(C2=C(c3ccc(C)cc3)[C@@]3(c4ccccc4)C(=O)[C@@]2(c2ccccc2)[C@H]2C(=O)N(c4ccccc4C)C(=O)[C@@H]23)cc1. The molecule has 0 unspecified atom stereocenters. The highest BCUT2D eigenvalue weighted by Crippen LogP contribution is 2.74. The van der Waals surface area contributed by atoms with Crippen molar-refractivity contribution in [2.45, 2.75) is 31.6 Å². The Kier molecular flexibility index (Phi) is 6.17. The van der Waals surface area contributed by atoms with E-state index in [1.807, 2.05) is 106 Å². The number of aryl methyl sites for hydroxylation is 3. The van der Waals surface area contributed by atoms with Gasteiger partial charge in [-0.1, -0.05) is 139 Å². The van der Waals surface area contributed by atoms with E-state index in [0.717, 1.165) is 50.1 Å². The summed E-state index contributed by atoms with van der Waals surface area (Å²) in [5, 5.41) is 0. The van der Waals surface area contributed by atoms with Crippen molar-refractivity contribution in [3.63, 3.8) is 0 Å². The van der Waals surface area contributed by atoms with Gasteiger partial charge in [0.05, 0.1) is 28.4 Å². The van der Waals surface area contributed by atoms with Gasteiger partial charge in [-0.05, 0) is 65.8 Å². The summed E-state index contributed by atoms with van der Waals surface area (Å²) in [6, 6.07) is 43.3. The highest BCUT2D eigenvalue weighted by atomic mass is 16.2. The topological polar surface area (TPSA) is 54.5 Å². The normalized spacial score (nSPS) is 25.0. The predicted molar refractivity (Wildman–Crippen MR) is 181 cm³/mol. The Bertz CT molecular complexity index is 1950. The molecular weight excluding hydrogens is 566 g/mol. The number of carbonyl (C=O) groups is 3. The van der Waals surface area contributed by atoms with E-state index < -0.39 is 22.7 Å². The van der Waals surface area contributed by atoms with Crippen molar-refractivity contribution in [3.8, 4) is 0 Å². The maximum Gasteiger partial charge on any atom is 0.239 e. The second-order valence-electron chi connectivity index (χ2n) is 12.9. The van der Waals surface area contributed by atoms with Crippen LogP contribution in [0.5, 0.6) is 0 Å². The van der Waals surface area contributed by atoms with Crippen LogP contribution in [-0.4, -0.2) is 17.6 Å². The van der Waals surface area contributed by atoms with E-state index >= 15 is 14.4 Å². The van der Waals surface area contributed by atoms with Gasteiger partial charge in [0.25, 0.3) is 0 Å². The summed E-state index contributed by atoms with van der Waals surface area (Å²) in [6.07, 6.45) is 0. The minimum atomic E-state index is -1.40. The third-order valence-electron chi connectivity index (χ3n) is 10.5. The molecule has 1 saturated heterocycles. The van der Waals surface area contributed by atoms with Gasteiger partial charge in [0.2, 0.25) is 11.8 Å². The van der Waals surface area contributed by atoms with E-state index in [9.17, 15) is 0 Å². The number of benzene rings is 5. The number of anilines is 1. The van der Waals surface area contributed by atoms with Gasteiger partial charge in [0.1, 0.15) is 0 Å². The minimum absolute atomic E-state index is 0.107. The lowest BCUT2D eigenvalue weighted by atomic mass is 9.59. The Labute approximate surface area is 269 Å². The van der Waals surface area contributed by atoms with E-state index in [1.54, 1.807) is 0 Å². The molecule has 1 heterocycles. The molecule has 2 bridgehead atoms. The molecule has 4 atom stereocenters. The number of nitrogens with zero attached hydrogens (tertiary/aromatic N) is 1. The summed E-state index contributed by atoms with van der Waals surface area (Å²) < 4.78 is 0. The second kappa shape index (κ2) is 10.1. The van der Waals surface area contributed by atoms with Gasteiger partial charge in [-0.3, -0.25) is 14.4 Å². The van der Waals surface area contributed by atoms with Crippen LogP contribution in [-0.2, 0) is 25.2 Å². The van der Waals surface area contributed by atoms with Crippen molar-refractivity contribution >= 4 is 34.4 Å².